The van der Waals surface area contributed by atoms with Crippen molar-refractivity contribution in [3.05, 3.63) is 6.93 Å². The van der Waals surface area contributed by atoms with Gasteiger partial charge in [-0.3, -0.25) is 0 Å². The zero-order chi connectivity index (χ0) is 2.71. The van der Waals surface area contributed by atoms with E-state index in [4.69, 9.17) is 0 Å². The summed E-state index contributed by atoms with van der Waals surface area (Å²) in [5.41, 5.74) is 0. The monoisotopic (exact) mass is 109 g/mol. The molecular weight excluding hydrogens is 109 g/mol. The van der Waals surface area contributed by atoms with Gasteiger partial charge in [-0.15, -0.1) is 0 Å². The molecule has 3 heteroatoms. The fraction of sp³-hybridized carbons (Fsp3) is 0. The van der Waals surface area contributed by atoms with Crippen LogP contribution in [0.3, 0.4) is 0 Å². The van der Waals surface area contributed by atoms with E-state index < -0.39 is 6.93 Å². The second-order valence-electron chi connectivity index (χ2n) is 0.0825. The van der Waals surface area contributed by atoms with Gasteiger partial charge in [-0.25, -0.2) is 0 Å². The molecule has 0 fully saturated rings. The molecule has 0 saturated carbocycles. The van der Waals surface area contributed by atoms with Crippen molar-refractivity contribution in [3.8, 4) is 0 Å². The molecule has 0 aliphatic heterocycles. The normalized spacial score (nSPS) is 4.50. The van der Waals surface area contributed by atoms with E-state index in [1.807, 2.05) is 0 Å². The Morgan fingerprint density at radius 1 is 1.25 bits per heavy atom. The molecule has 0 aromatic rings. The van der Waals surface area contributed by atoms with Crippen LogP contribution >= 0.6 is 0 Å². The molecule has 0 rings (SSSR count). The van der Waals surface area contributed by atoms with E-state index in [0.717, 1.165) is 0 Å². The van der Waals surface area contributed by atoms with Crippen molar-refractivity contribution in [1.82, 2.24) is 0 Å². The molecule has 0 amide bonds. The van der Waals surface area contributed by atoms with E-state index in [9.17, 15) is 8.78 Å². The molecule has 0 atom stereocenters. The van der Waals surface area contributed by atoms with E-state index in [-0.39, 0.29) is 16.5 Å². The van der Waals surface area contributed by atoms with Crippen LogP contribution in [0.5, 0.6) is 0 Å². The van der Waals surface area contributed by atoms with Crippen LogP contribution in [-0.2, 0) is 16.5 Å². The minimum absolute atomic E-state index is 0. The molecule has 30 valence electrons. The second-order valence-corrected chi connectivity index (χ2v) is 0.0825. The maximum Gasteiger partial charge on any atom is 0 e. The first-order valence-electron chi connectivity index (χ1n) is 0.436. The average Bonchev–Trinajstić information content (AvgIpc) is 0.918. The molecule has 0 radical (unpaired) electrons. The first kappa shape index (κ1) is 8.84. The van der Waals surface area contributed by atoms with Gasteiger partial charge in [-0.1, -0.05) is 0 Å². The summed E-state index contributed by atoms with van der Waals surface area (Å²) in [5, 5.41) is 0. The number of hydrogen-bond donors (Lipinski definition) is 0. The average molecular weight is 110 g/mol. The van der Waals surface area contributed by atoms with E-state index >= 15 is 0 Å². The van der Waals surface area contributed by atoms with Gasteiger partial charge in [0.2, 0.25) is 0 Å². The maximum absolute atomic E-state index is 9.50. The summed E-state index contributed by atoms with van der Waals surface area (Å²) in [4.78, 5) is 0. The third kappa shape index (κ3) is 34.5. The molecule has 0 nitrogen and oxygen atoms in total. The van der Waals surface area contributed by atoms with Crippen molar-refractivity contribution >= 4 is 0 Å². The topological polar surface area (TPSA) is 0 Å². The van der Waals surface area contributed by atoms with Crippen LogP contribution in [0.25, 0.3) is 0 Å². The number of halogens is 2. The van der Waals surface area contributed by atoms with Gasteiger partial charge < -0.3 is 8.78 Å². The summed E-state index contributed by atoms with van der Waals surface area (Å²) in [6, 6.07) is 0. The molecule has 0 aromatic heterocycles. The minimum Gasteiger partial charge on any atom is -0.425 e. The molecule has 0 aliphatic carbocycles. The molecule has 0 bridgehead atoms. The predicted molar refractivity (Wildman–Crippen MR) is 6.52 cm³/mol. The van der Waals surface area contributed by atoms with E-state index in [0.29, 0.717) is 0 Å². The molecule has 0 N–H and O–H groups in total. The first-order chi connectivity index (χ1) is 1.41. The van der Waals surface area contributed by atoms with Gasteiger partial charge in [0.1, 0.15) is 0 Å². The smallest absolute Gasteiger partial charge is 0 e. The fourth-order valence-electron chi connectivity index (χ4n) is 0. The Labute approximate surface area is 33.1 Å². The van der Waals surface area contributed by atoms with Crippen LogP contribution in [0, 0.1) is 6.93 Å². The third-order valence-corrected chi connectivity index (χ3v) is 0. The van der Waals surface area contributed by atoms with Gasteiger partial charge in [0.25, 0.3) is 0 Å². The van der Waals surface area contributed by atoms with Crippen LogP contribution in [0.15, 0.2) is 0 Å². The van der Waals surface area contributed by atoms with Crippen LogP contribution in [-0.4, -0.2) is 0 Å². The van der Waals surface area contributed by atoms with Gasteiger partial charge >= 0.3 is 0 Å². The largest absolute Gasteiger partial charge is 0.425 e. The van der Waals surface area contributed by atoms with Crippen LogP contribution in [0.4, 0.5) is 8.78 Å². The van der Waals surface area contributed by atoms with Gasteiger partial charge in [0, 0.05) is 16.5 Å². The summed E-state index contributed by atoms with van der Waals surface area (Å²) >= 11 is 0. The first-order valence-corrected chi connectivity index (χ1v) is 0.436. The summed E-state index contributed by atoms with van der Waals surface area (Å²) in [6.07, 6.45) is 0. The van der Waals surface area contributed by atoms with Gasteiger partial charge in [0.15, 0.2) is 0 Å². The predicted octanol–water partition coefficient (Wildman–Crippen LogP) is 1.04. The van der Waals surface area contributed by atoms with Gasteiger partial charge in [-0.05, 0) is 6.93 Å². The second kappa shape index (κ2) is 10.1. The Balaban J connectivity index is 0. The zero-order valence-electron chi connectivity index (χ0n) is 1.65. The summed E-state index contributed by atoms with van der Waals surface area (Å²) in [5.74, 6) is 0. The Hall–Kier alpha value is 0.354. The van der Waals surface area contributed by atoms with Crippen molar-refractivity contribution in [3.63, 3.8) is 0 Å². The number of rotatable bonds is 0. The molecule has 0 spiro atoms. The standard InChI is InChI=1S/CHF2.Ni/c2-1-3;/h1H;/q-1;. The molecule has 0 unspecified atom stereocenters. The van der Waals surface area contributed by atoms with Crippen molar-refractivity contribution in [1.29, 1.82) is 0 Å². The Morgan fingerprint density at radius 3 is 1.25 bits per heavy atom. The van der Waals surface area contributed by atoms with Crippen LogP contribution in [0.2, 0.25) is 0 Å². The SMILES string of the molecule is F[CH-]F.[Ni]. The quantitative estimate of drug-likeness (QED) is 0.322. The summed E-state index contributed by atoms with van der Waals surface area (Å²) in [6.45, 7) is -1.00. The van der Waals surface area contributed by atoms with Crippen molar-refractivity contribution < 1.29 is 25.3 Å². The molecule has 0 heterocycles. The van der Waals surface area contributed by atoms with E-state index in [1.54, 1.807) is 0 Å². The van der Waals surface area contributed by atoms with E-state index in [2.05, 4.69) is 0 Å². The van der Waals surface area contributed by atoms with Crippen LogP contribution < -0.4 is 0 Å². The van der Waals surface area contributed by atoms with Crippen molar-refractivity contribution in [2.24, 2.45) is 0 Å². The van der Waals surface area contributed by atoms with Crippen molar-refractivity contribution in [2.75, 3.05) is 0 Å². The third-order valence-electron chi connectivity index (χ3n) is 0. The number of hydrogen-bond acceptors (Lipinski definition) is 0. The van der Waals surface area contributed by atoms with Crippen molar-refractivity contribution in [2.45, 2.75) is 0 Å². The Morgan fingerprint density at radius 2 is 1.25 bits per heavy atom. The van der Waals surface area contributed by atoms with Crippen LogP contribution in [0.1, 0.15) is 0 Å². The fourth-order valence-corrected chi connectivity index (χ4v) is 0. The summed E-state index contributed by atoms with van der Waals surface area (Å²) in [7, 11) is 0. The Bertz CT molecular complexity index is 6.00. The summed E-state index contributed by atoms with van der Waals surface area (Å²) < 4.78 is 19.0. The molecule has 4 heavy (non-hydrogen) atoms. The maximum atomic E-state index is 9.50. The van der Waals surface area contributed by atoms with Gasteiger partial charge in [0.05, 0.1) is 0 Å². The minimum atomic E-state index is -1.00. The molecule has 0 saturated heterocycles. The van der Waals surface area contributed by atoms with Gasteiger partial charge in [-0.2, -0.15) is 0 Å². The zero-order valence-corrected chi connectivity index (χ0v) is 2.64. The Kier molecular flexibility index (Phi) is 22.4. The molecule has 0 aliphatic rings. The molecule has 0 aromatic carbocycles. The van der Waals surface area contributed by atoms with E-state index in [1.165, 1.54) is 0 Å². The molecular formula is CHF2Ni-.